The van der Waals surface area contributed by atoms with Crippen LogP contribution in [0.1, 0.15) is 17.4 Å². The van der Waals surface area contributed by atoms with Crippen LogP contribution < -0.4 is 5.73 Å². The molecule has 2 heterocycles. The van der Waals surface area contributed by atoms with E-state index < -0.39 is 0 Å². The normalized spacial score (nSPS) is 16.4. The number of hydrogen-bond acceptors (Lipinski definition) is 4. The van der Waals surface area contributed by atoms with Crippen LogP contribution in [0.5, 0.6) is 0 Å². The van der Waals surface area contributed by atoms with Crippen molar-refractivity contribution in [1.82, 2.24) is 14.7 Å². The highest BCUT2D eigenvalue weighted by molar-refractivity contribution is 5.97. The molecule has 0 aromatic carbocycles. The van der Waals surface area contributed by atoms with E-state index in [2.05, 4.69) is 5.10 Å². The lowest BCUT2D eigenvalue weighted by molar-refractivity contribution is 0.0299. The molecule has 1 aromatic heterocycles. The number of nitrogen functional groups attached to an aromatic ring is 1. The fourth-order valence-electron chi connectivity index (χ4n) is 1.68. The first-order valence-electron chi connectivity index (χ1n) is 5.42. The maximum absolute atomic E-state index is 12.1. The van der Waals surface area contributed by atoms with E-state index in [-0.39, 0.29) is 5.91 Å². The van der Waals surface area contributed by atoms with E-state index in [1.165, 1.54) is 0 Å². The van der Waals surface area contributed by atoms with Gasteiger partial charge in [-0.25, -0.2) is 0 Å². The average Bonchev–Trinajstić information content (AvgIpc) is 2.71. The molecule has 6 heteroatoms. The molecule has 0 aliphatic carbocycles. The fourth-order valence-corrected chi connectivity index (χ4v) is 1.68. The summed E-state index contributed by atoms with van der Waals surface area (Å²) in [6.07, 6.45) is 1.69. The minimum atomic E-state index is -0.104. The van der Waals surface area contributed by atoms with Crippen molar-refractivity contribution in [1.29, 1.82) is 0 Å². The van der Waals surface area contributed by atoms with Crippen LogP contribution in [0.3, 0.4) is 0 Å². The molecule has 1 aliphatic heterocycles. The topological polar surface area (TPSA) is 73.4 Å². The average molecular weight is 224 g/mol. The van der Waals surface area contributed by atoms with Crippen LogP contribution in [-0.2, 0) is 11.3 Å². The second-order valence-corrected chi connectivity index (χ2v) is 3.69. The SMILES string of the molecule is CCn1cc(N)c(C(=O)N2CCOCC2)n1. The lowest BCUT2D eigenvalue weighted by Crippen LogP contribution is -2.41. The van der Waals surface area contributed by atoms with Gasteiger partial charge in [-0.15, -0.1) is 0 Å². The molecule has 16 heavy (non-hydrogen) atoms. The Hall–Kier alpha value is -1.56. The molecule has 0 saturated carbocycles. The Morgan fingerprint density at radius 2 is 2.25 bits per heavy atom. The number of nitrogens with two attached hydrogens (primary N) is 1. The highest BCUT2D eigenvalue weighted by Gasteiger charge is 2.22. The molecule has 1 fully saturated rings. The van der Waals surface area contributed by atoms with Crippen molar-refractivity contribution >= 4 is 11.6 Å². The van der Waals surface area contributed by atoms with E-state index in [1.54, 1.807) is 15.8 Å². The number of carbonyl (C=O) groups excluding carboxylic acids is 1. The summed E-state index contributed by atoms with van der Waals surface area (Å²) in [5.74, 6) is -0.104. The number of hydrogen-bond donors (Lipinski definition) is 1. The smallest absolute Gasteiger partial charge is 0.276 e. The number of rotatable bonds is 2. The van der Waals surface area contributed by atoms with Crippen LogP contribution in [-0.4, -0.2) is 46.9 Å². The van der Waals surface area contributed by atoms with E-state index in [4.69, 9.17) is 10.5 Å². The Labute approximate surface area is 94.0 Å². The third kappa shape index (κ3) is 2.01. The summed E-state index contributed by atoms with van der Waals surface area (Å²) in [6.45, 7) is 5.05. The molecule has 0 unspecified atom stereocenters. The highest BCUT2D eigenvalue weighted by Crippen LogP contribution is 2.13. The highest BCUT2D eigenvalue weighted by atomic mass is 16.5. The Morgan fingerprint density at radius 1 is 1.56 bits per heavy atom. The van der Waals surface area contributed by atoms with Gasteiger partial charge in [-0.1, -0.05) is 0 Å². The molecule has 0 bridgehead atoms. The maximum Gasteiger partial charge on any atom is 0.276 e. The molecule has 6 nitrogen and oxygen atoms in total. The van der Waals surface area contributed by atoms with E-state index >= 15 is 0 Å². The summed E-state index contributed by atoms with van der Waals surface area (Å²) < 4.78 is 6.86. The molecular formula is C10H16N4O2. The van der Waals surface area contributed by atoms with Crippen LogP contribution in [0, 0.1) is 0 Å². The van der Waals surface area contributed by atoms with E-state index in [1.807, 2.05) is 6.92 Å². The van der Waals surface area contributed by atoms with Crippen LogP contribution in [0.4, 0.5) is 5.69 Å². The Balaban J connectivity index is 2.15. The molecule has 0 spiro atoms. The van der Waals surface area contributed by atoms with Gasteiger partial charge in [0, 0.05) is 25.8 Å². The first-order chi connectivity index (χ1) is 7.72. The van der Waals surface area contributed by atoms with Crippen molar-refractivity contribution < 1.29 is 9.53 Å². The molecule has 0 radical (unpaired) electrons. The number of morpholine rings is 1. The monoisotopic (exact) mass is 224 g/mol. The zero-order valence-corrected chi connectivity index (χ0v) is 9.35. The Morgan fingerprint density at radius 3 is 2.81 bits per heavy atom. The van der Waals surface area contributed by atoms with Gasteiger partial charge in [-0.05, 0) is 6.92 Å². The van der Waals surface area contributed by atoms with E-state index in [0.29, 0.717) is 44.2 Å². The predicted molar refractivity (Wildman–Crippen MR) is 59.0 cm³/mol. The van der Waals surface area contributed by atoms with Crippen molar-refractivity contribution in [3.63, 3.8) is 0 Å². The first-order valence-corrected chi connectivity index (χ1v) is 5.42. The fraction of sp³-hybridized carbons (Fsp3) is 0.600. The summed E-state index contributed by atoms with van der Waals surface area (Å²) >= 11 is 0. The van der Waals surface area contributed by atoms with Crippen LogP contribution in [0.15, 0.2) is 6.20 Å². The number of ether oxygens (including phenoxy) is 1. The van der Waals surface area contributed by atoms with Gasteiger partial charge in [0.15, 0.2) is 5.69 Å². The lowest BCUT2D eigenvalue weighted by atomic mass is 10.3. The predicted octanol–water partition coefficient (Wildman–Crippen LogP) is -0.0424. The number of anilines is 1. The van der Waals surface area contributed by atoms with Crippen LogP contribution in [0.2, 0.25) is 0 Å². The van der Waals surface area contributed by atoms with Crippen molar-refractivity contribution in [2.75, 3.05) is 32.0 Å². The van der Waals surface area contributed by atoms with Gasteiger partial charge in [0.25, 0.3) is 5.91 Å². The zero-order valence-electron chi connectivity index (χ0n) is 9.35. The minimum Gasteiger partial charge on any atom is -0.396 e. The summed E-state index contributed by atoms with van der Waals surface area (Å²) in [4.78, 5) is 13.8. The Kier molecular flexibility index (Phi) is 3.09. The van der Waals surface area contributed by atoms with Crippen molar-refractivity contribution in [3.05, 3.63) is 11.9 Å². The lowest BCUT2D eigenvalue weighted by Gasteiger charge is -2.26. The summed E-state index contributed by atoms with van der Waals surface area (Å²) in [6, 6.07) is 0. The standard InChI is InChI=1S/C10H16N4O2/c1-2-14-7-8(11)9(12-14)10(15)13-3-5-16-6-4-13/h7H,2-6,11H2,1H3. The molecule has 1 amide bonds. The zero-order chi connectivity index (χ0) is 11.5. The van der Waals surface area contributed by atoms with Crippen LogP contribution >= 0.6 is 0 Å². The molecule has 1 aliphatic rings. The molecule has 1 aromatic rings. The van der Waals surface area contributed by atoms with Gasteiger partial charge in [-0.2, -0.15) is 5.10 Å². The number of aryl methyl sites for hydroxylation is 1. The third-order valence-corrected chi connectivity index (χ3v) is 2.61. The van der Waals surface area contributed by atoms with Gasteiger partial charge >= 0.3 is 0 Å². The molecule has 2 rings (SSSR count). The molecule has 1 saturated heterocycles. The summed E-state index contributed by atoms with van der Waals surface area (Å²) in [7, 11) is 0. The van der Waals surface area contributed by atoms with Gasteiger partial charge in [0.1, 0.15) is 0 Å². The molecule has 88 valence electrons. The molecular weight excluding hydrogens is 208 g/mol. The second-order valence-electron chi connectivity index (χ2n) is 3.69. The number of amides is 1. The summed E-state index contributed by atoms with van der Waals surface area (Å²) in [5.41, 5.74) is 6.56. The molecule has 0 atom stereocenters. The van der Waals surface area contributed by atoms with Gasteiger partial charge in [-0.3, -0.25) is 9.48 Å². The number of aromatic nitrogens is 2. The van der Waals surface area contributed by atoms with Gasteiger partial charge in [0.2, 0.25) is 0 Å². The first kappa shape index (κ1) is 10.9. The largest absolute Gasteiger partial charge is 0.396 e. The van der Waals surface area contributed by atoms with Crippen molar-refractivity contribution in [2.24, 2.45) is 0 Å². The Bertz CT molecular complexity index is 382. The summed E-state index contributed by atoms with van der Waals surface area (Å²) in [5, 5.41) is 4.16. The minimum absolute atomic E-state index is 0.104. The van der Waals surface area contributed by atoms with Gasteiger partial charge in [0.05, 0.1) is 18.9 Å². The van der Waals surface area contributed by atoms with Crippen molar-refractivity contribution in [3.8, 4) is 0 Å². The molecule has 2 N–H and O–H groups in total. The van der Waals surface area contributed by atoms with E-state index in [9.17, 15) is 4.79 Å². The quantitative estimate of drug-likeness (QED) is 0.765. The maximum atomic E-state index is 12.1. The van der Waals surface area contributed by atoms with Crippen molar-refractivity contribution in [2.45, 2.75) is 13.5 Å². The van der Waals surface area contributed by atoms with Crippen LogP contribution in [0.25, 0.3) is 0 Å². The number of carbonyl (C=O) groups is 1. The third-order valence-electron chi connectivity index (χ3n) is 2.61. The second kappa shape index (κ2) is 4.52. The van der Waals surface area contributed by atoms with Gasteiger partial charge < -0.3 is 15.4 Å². The number of nitrogens with zero attached hydrogens (tertiary/aromatic N) is 3. The van der Waals surface area contributed by atoms with E-state index in [0.717, 1.165) is 0 Å².